The Morgan fingerprint density at radius 3 is 2.37 bits per heavy atom. The van der Waals surface area contributed by atoms with E-state index in [-0.39, 0.29) is 27.9 Å². The van der Waals surface area contributed by atoms with E-state index in [0.717, 1.165) is 18.4 Å². The molecule has 160 valence electrons. The number of nitrogens with one attached hydrogen (secondary N) is 1. The second kappa shape index (κ2) is 9.16. The zero-order chi connectivity index (χ0) is 21.9. The first-order valence-electron chi connectivity index (χ1n) is 9.60. The molecule has 9 heteroatoms. The van der Waals surface area contributed by atoms with Crippen LogP contribution in [0.15, 0.2) is 47.4 Å². The monoisotopic (exact) mass is 449 g/mol. The second-order valence-electron chi connectivity index (χ2n) is 7.33. The molecule has 1 heterocycles. The van der Waals surface area contributed by atoms with Gasteiger partial charge in [0.15, 0.2) is 0 Å². The molecule has 2 aromatic carbocycles. The molecule has 0 spiro atoms. The van der Waals surface area contributed by atoms with E-state index in [1.165, 1.54) is 34.5 Å². The van der Waals surface area contributed by atoms with Gasteiger partial charge in [0.25, 0.3) is 5.91 Å². The molecular weight excluding hydrogens is 426 g/mol. The lowest BCUT2D eigenvalue weighted by Crippen LogP contribution is -2.35. The largest absolute Gasteiger partial charge is 0.332 e. The summed E-state index contributed by atoms with van der Waals surface area (Å²) in [5.74, 6) is -0.822. The number of hydrogen-bond donors (Lipinski definition) is 1. The van der Waals surface area contributed by atoms with E-state index in [1.54, 1.807) is 12.1 Å². The van der Waals surface area contributed by atoms with Gasteiger partial charge in [-0.05, 0) is 50.1 Å². The van der Waals surface area contributed by atoms with E-state index in [1.807, 2.05) is 19.1 Å². The standard InChI is InChI=1S/C21H24ClN3O4S/c1-15-5-8-17(9-6-15)23-20(26)14-24(2)21(27)16-7-10-18(22)19(13-16)30(28,29)25-11-3-4-12-25/h5-10,13H,3-4,11-12,14H2,1-2H3,(H,23,26). The van der Waals surface area contributed by atoms with E-state index in [2.05, 4.69) is 5.32 Å². The van der Waals surface area contributed by atoms with Gasteiger partial charge in [0.1, 0.15) is 4.90 Å². The summed E-state index contributed by atoms with van der Waals surface area (Å²) in [6, 6.07) is 11.5. The van der Waals surface area contributed by atoms with Crippen molar-refractivity contribution in [1.82, 2.24) is 9.21 Å². The fraction of sp³-hybridized carbons (Fsp3) is 0.333. The van der Waals surface area contributed by atoms with Crippen LogP contribution in [0.5, 0.6) is 0 Å². The summed E-state index contributed by atoms with van der Waals surface area (Å²) >= 11 is 6.13. The molecule has 30 heavy (non-hydrogen) atoms. The van der Waals surface area contributed by atoms with Gasteiger partial charge in [-0.1, -0.05) is 29.3 Å². The summed E-state index contributed by atoms with van der Waals surface area (Å²) in [6.07, 6.45) is 1.60. The highest BCUT2D eigenvalue weighted by Gasteiger charge is 2.30. The number of hydrogen-bond acceptors (Lipinski definition) is 4. The maximum absolute atomic E-state index is 12.9. The minimum Gasteiger partial charge on any atom is -0.332 e. The summed E-state index contributed by atoms with van der Waals surface area (Å²) in [5, 5.41) is 2.80. The lowest BCUT2D eigenvalue weighted by atomic mass is 10.2. The number of benzene rings is 2. The van der Waals surface area contributed by atoms with Gasteiger partial charge in [-0.3, -0.25) is 9.59 Å². The summed E-state index contributed by atoms with van der Waals surface area (Å²) in [6.45, 7) is 2.65. The molecule has 1 aliphatic rings. The number of nitrogens with zero attached hydrogens (tertiary/aromatic N) is 2. The lowest BCUT2D eigenvalue weighted by molar-refractivity contribution is -0.116. The normalized spacial score (nSPS) is 14.5. The molecule has 0 atom stereocenters. The minimum atomic E-state index is -3.77. The fourth-order valence-electron chi connectivity index (χ4n) is 3.25. The van der Waals surface area contributed by atoms with Gasteiger partial charge in [0.2, 0.25) is 15.9 Å². The molecule has 1 N–H and O–H groups in total. The predicted molar refractivity (Wildman–Crippen MR) is 116 cm³/mol. The van der Waals surface area contributed by atoms with E-state index < -0.39 is 15.9 Å². The van der Waals surface area contributed by atoms with Crippen LogP contribution in [-0.2, 0) is 14.8 Å². The Hall–Kier alpha value is -2.42. The summed E-state index contributed by atoms with van der Waals surface area (Å²) in [7, 11) is -2.28. The molecule has 0 aliphatic carbocycles. The molecule has 7 nitrogen and oxygen atoms in total. The number of halogens is 1. The lowest BCUT2D eigenvalue weighted by Gasteiger charge is -2.19. The third kappa shape index (κ3) is 5.00. The first-order chi connectivity index (χ1) is 14.2. The van der Waals surface area contributed by atoms with Crippen LogP contribution in [0.1, 0.15) is 28.8 Å². The van der Waals surface area contributed by atoms with Crippen LogP contribution < -0.4 is 5.32 Å². The summed E-state index contributed by atoms with van der Waals surface area (Å²) in [4.78, 5) is 26.2. The Morgan fingerprint density at radius 2 is 1.73 bits per heavy atom. The summed E-state index contributed by atoms with van der Waals surface area (Å²) in [5.41, 5.74) is 1.86. The molecule has 0 unspecified atom stereocenters. The highest BCUT2D eigenvalue weighted by molar-refractivity contribution is 7.89. The van der Waals surface area contributed by atoms with Crippen LogP contribution in [0.2, 0.25) is 5.02 Å². The highest BCUT2D eigenvalue weighted by Crippen LogP contribution is 2.28. The van der Waals surface area contributed by atoms with Crippen molar-refractivity contribution < 1.29 is 18.0 Å². The average Bonchev–Trinajstić information content (AvgIpc) is 3.25. The highest BCUT2D eigenvalue weighted by atomic mass is 35.5. The predicted octanol–water partition coefficient (Wildman–Crippen LogP) is 3.14. The number of aryl methyl sites for hydroxylation is 1. The van der Waals surface area contributed by atoms with Crippen molar-refractivity contribution in [1.29, 1.82) is 0 Å². The van der Waals surface area contributed by atoms with Crippen molar-refractivity contribution in [3.05, 3.63) is 58.6 Å². The van der Waals surface area contributed by atoms with Crippen molar-refractivity contribution >= 4 is 39.1 Å². The van der Waals surface area contributed by atoms with E-state index in [4.69, 9.17) is 11.6 Å². The molecule has 1 saturated heterocycles. The van der Waals surface area contributed by atoms with Crippen molar-refractivity contribution in [3.8, 4) is 0 Å². The van der Waals surface area contributed by atoms with Gasteiger partial charge in [-0.2, -0.15) is 4.31 Å². The molecular formula is C21H24ClN3O4S. The number of anilines is 1. The van der Waals surface area contributed by atoms with Crippen molar-refractivity contribution in [2.45, 2.75) is 24.7 Å². The minimum absolute atomic E-state index is 0.0678. The average molecular weight is 450 g/mol. The second-order valence-corrected chi connectivity index (χ2v) is 9.65. The number of sulfonamides is 1. The van der Waals surface area contributed by atoms with Crippen LogP contribution >= 0.6 is 11.6 Å². The van der Waals surface area contributed by atoms with Gasteiger partial charge < -0.3 is 10.2 Å². The van der Waals surface area contributed by atoms with Crippen LogP contribution in [0.25, 0.3) is 0 Å². The van der Waals surface area contributed by atoms with Gasteiger partial charge in [-0.25, -0.2) is 8.42 Å². The molecule has 0 radical (unpaired) electrons. The molecule has 2 aromatic rings. The molecule has 0 bridgehead atoms. The molecule has 0 saturated carbocycles. The van der Waals surface area contributed by atoms with Crippen LogP contribution in [-0.4, -0.2) is 56.1 Å². The number of likely N-dealkylation sites (N-methyl/N-ethyl adjacent to an activating group) is 1. The maximum Gasteiger partial charge on any atom is 0.254 e. The topological polar surface area (TPSA) is 86.8 Å². The van der Waals surface area contributed by atoms with E-state index in [0.29, 0.717) is 18.8 Å². The Bertz CT molecular complexity index is 1050. The smallest absolute Gasteiger partial charge is 0.254 e. The van der Waals surface area contributed by atoms with Gasteiger partial charge >= 0.3 is 0 Å². The third-order valence-corrected chi connectivity index (χ3v) is 7.30. The number of amides is 2. The van der Waals surface area contributed by atoms with Gasteiger partial charge in [-0.15, -0.1) is 0 Å². The van der Waals surface area contributed by atoms with Gasteiger partial charge in [0, 0.05) is 31.4 Å². The zero-order valence-corrected chi connectivity index (χ0v) is 18.5. The van der Waals surface area contributed by atoms with Crippen molar-refractivity contribution in [3.63, 3.8) is 0 Å². The molecule has 0 aromatic heterocycles. The SMILES string of the molecule is Cc1ccc(NC(=O)CN(C)C(=O)c2ccc(Cl)c(S(=O)(=O)N3CCCC3)c2)cc1. The fourth-order valence-corrected chi connectivity index (χ4v) is 5.26. The van der Waals surface area contributed by atoms with Crippen LogP contribution in [0.3, 0.4) is 0 Å². The molecule has 1 fully saturated rings. The first-order valence-corrected chi connectivity index (χ1v) is 11.4. The van der Waals surface area contributed by atoms with Crippen LogP contribution in [0, 0.1) is 6.92 Å². The maximum atomic E-state index is 12.9. The Morgan fingerprint density at radius 1 is 1.10 bits per heavy atom. The number of carbonyl (C=O) groups excluding carboxylic acids is 2. The Balaban J connectivity index is 1.72. The number of rotatable bonds is 6. The molecule has 1 aliphatic heterocycles. The molecule has 3 rings (SSSR count). The zero-order valence-electron chi connectivity index (χ0n) is 16.9. The van der Waals surface area contributed by atoms with Crippen LogP contribution in [0.4, 0.5) is 5.69 Å². The van der Waals surface area contributed by atoms with E-state index >= 15 is 0 Å². The summed E-state index contributed by atoms with van der Waals surface area (Å²) < 4.78 is 27.1. The number of carbonyl (C=O) groups is 2. The van der Waals surface area contributed by atoms with Crippen molar-refractivity contribution in [2.75, 3.05) is 32.0 Å². The van der Waals surface area contributed by atoms with Crippen molar-refractivity contribution in [2.24, 2.45) is 0 Å². The Labute approximate surface area is 181 Å². The quantitative estimate of drug-likeness (QED) is 0.733. The van der Waals surface area contributed by atoms with Gasteiger partial charge in [0.05, 0.1) is 11.6 Å². The first kappa shape index (κ1) is 22.3. The Kier molecular flexibility index (Phi) is 6.80. The van der Waals surface area contributed by atoms with E-state index in [9.17, 15) is 18.0 Å². The molecule has 2 amide bonds. The third-order valence-electron chi connectivity index (χ3n) is 4.92.